The topological polar surface area (TPSA) is 72.0 Å². The summed E-state index contributed by atoms with van der Waals surface area (Å²) in [6.45, 7) is 3.47. The highest BCUT2D eigenvalue weighted by Gasteiger charge is 2.15. The summed E-state index contributed by atoms with van der Waals surface area (Å²) in [4.78, 5) is 8.25. The predicted molar refractivity (Wildman–Crippen MR) is 73.8 cm³/mol. The number of halogens is 1. The quantitative estimate of drug-likeness (QED) is 0.945. The van der Waals surface area contributed by atoms with Crippen molar-refractivity contribution in [2.75, 3.05) is 4.72 Å². The first kappa shape index (κ1) is 13.8. The van der Waals surface area contributed by atoms with Crippen LogP contribution in [0.25, 0.3) is 0 Å². The molecule has 1 N–H and O–H groups in total. The zero-order chi connectivity index (χ0) is 14.0. The first-order valence-electron chi connectivity index (χ1n) is 5.47. The van der Waals surface area contributed by atoms with Crippen molar-refractivity contribution in [3.05, 3.63) is 46.9 Å². The minimum absolute atomic E-state index is 0.130. The van der Waals surface area contributed by atoms with Gasteiger partial charge in [0.15, 0.2) is 0 Å². The van der Waals surface area contributed by atoms with Crippen LogP contribution in [0.4, 0.5) is 5.82 Å². The van der Waals surface area contributed by atoms with Crippen molar-refractivity contribution in [1.29, 1.82) is 0 Å². The third-order valence-electron chi connectivity index (χ3n) is 2.33. The number of rotatable bonds is 3. The SMILES string of the molecule is Cc1cc(NS(=O)(=O)c2ccc(Cl)cc2)nc(C)n1. The van der Waals surface area contributed by atoms with Gasteiger partial charge in [-0.1, -0.05) is 11.6 Å². The number of nitrogens with zero attached hydrogens (tertiary/aromatic N) is 2. The molecule has 1 aromatic carbocycles. The van der Waals surface area contributed by atoms with E-state index in [0.717, 1.165) is 0 Å². The molecule has 7 heteroatoms. The third kappa shape index (κ3) is 3.42. The van der Waals surface area contributed by atoms with Crippen LogP contribution in [0.15, 0.2) is 35.2 Å². The average molecular weight is 298 g/mol. The summed E-state index contributed by atoms with van der Waals surface area (Å²) in [6, 6.07) is 7.48. The Morgan fingerprint density at radius 1 is 1.11 bits per heavy atom. The summed E-state index contributed by atoms with van der Waals surface area (Å²) in [5.41, 5.74) is 0.696. The van der Waals surface area contributed by atoms with Gasteiger partial charge in [0.1, 0.15) is 11.6 Å². The molecule has 2 aromatic rings. The van der Waals surface area contributed by atoms with E-state index in [4.69, 9.17) is 11.6 Å². The van der Waals surface area contributed by atoms with Crippen LogP contribution in [-0.2, 0) is 10.0 Å². The molecule has 0 unspecified atom stereocenters. The van der Waals surface area contributed by atoms with Crippen molar-refractivity contribution in [2.24, 2.45) is 0 Å². The molecule has 0 radical (unpaired) electrons. The number of aromatic nitrogens is 2. The molecular formula is C12H12ClN3O2S. The second-order valence-electron chi connectivity index (χ2n) is 4.00. The number of hydrogen-bond donors (Lipinski definition) is 1. The summed E-state index contributed by atoms with van der Waals surface area (Å²) in [7, 11) is -3.66. The van der Waals surface area contributed by atoms with Crippen LogP contribution in [0, 0.1) is 13.8 Å². The lowest BCUT2D eigenvalue weighted by atomic mass is 10.4. The van der Waals surface area contributed by atoms with E-state index in [2.05, 4.69) is 14.7 Å². The molecule has 0 saturated carbocycles. The zero-order valence-corrected chi connectivity index (χ0v) is 12.0. The van der Waals surface area contributed by atoms with Crippen molar-refractivity contribution < 1.29 is 8.42 Å². The van der Waals surface area contributed by atoms with E-state index in [1.54, 1.807) is 19.9 Å². The Balaban J connectivity index is 2.33. The summed E-state index contributed by atoms with van der Waals surface area (Å²) in [6.07, 6.45) is 0. The normalized spacial score (nSPS) is 11.3. The summed E-state index contributed by atoms with van der Waals surface area (Å²) in [5.74, 6) is 0.758. The van der Waals surface area contributed by atoms with Gasteiger partial charge in [0.2, 0.25) is 0 Å². The van der Waals surface area contributed by atoms with E-state index < -0.39 is 10.0 Å². The van der Waals surface area contributed by atoms with Crippen molar-refractivity contribution in [1.82, 2.24) is 9.97 Å². The van der Waals surface area contributed by atoms with Gasteiger partial charge >= 0.3 is 0 Å². The largest absolute Gasteiger partial charge is 0.263 e. The molecule has 0 saturated heterocycles. The highest BCUT2D eigenvalue weighted by atomic mass is 35.5. The van der Waals surface area contributed by atoms with Crippen LogP contribution < -0.4 is 4.72 Å². The van der Waals surface area contributed by atoms with E-state index in [-0.39, 0.29) is 10.7 Å². The van der Waals surface area contributed by atoms with Gasteiger partial charge in [-0.05, 0) is 38.1 Å². The van der Waals surface area contributed by atoms with Crippen LogP contribution in [0.5, 0.6) is 0 Å². The molecule has 1 heterocycles. The van der Waals surface area contributed by atoms with Gasteiger partial charge in [-0.3, -0.25) is 4.72 Å². The van der Waals surface area contributed by atoms with E-state index in [1.165, 1.54) is 24.3 Å². The third-order valence-corrected chi connectivity index (χ3v) is 3.95. The lowest BCUT2D eigenvalue weighted by Crippen LogP contribution is -2.14. The minimum atomic E-state index is -3.66. The maximum absolute atomic E-state index is 12.1. The van der Waals surface area contributed by atoms with Crippen LogP contribution in [0.3, 0.4) is 0 Å². The molecule has 0 bridgehead atoms. The molecule has 0 spiro atoms. The Morgan fingerprint density at radius 3 is 2.32 bits per heavy atom. The average Bonchev–Trinajstić information content (AvgIpc) is 2.27. The van der Waals surface area contributed by atoms with E-state index in [1.807, 2.05) is 0 Å². The number of benzene rings is 1. The van der Waals surface area contributed by atoms with Crippen molar-refractivity contribution in [2.45, 2.75) is 18.7 Å². The predicted octanol–water partition coefficient (Wildman–Crippen LogP) is 2.55. The van der Waals surface area contributed by atoms with Crippen molar-refractivity contribution in [3.63, 3.8) is 0 Å². The molecule has 2 rings (SSSR count). The number of anilines is 1. The first-order valence-corrected chi connectivity index (χ1v) is 7.33. The summed E-state index contributed by atoms with van der Waals surface area (Å²) >= 11 is 5.73. The Bertz CT molecular complexity index is 679. The fourth-order valence-electron chi connectivity index (χ4n) is 1.58. The van der Waals surface area contributed by atoms with Crippen molar-refractivity contribution >= 4 is 27.4 Å². The Labute approximate surface area is 116 Å². The zero-order valence-electron chi connectivity index (χ0n) is 10.4. The number of hydrogen-bond acceptors (Lipinski definition) is 4. The molecule has 0 aliphatic rings. The molecule has 0 aliphatic heterocycles. The Morgan fingerprint density at radius 2 is 1.74 bits per heavy atom. The lowest BCUT2D eigenvalue weighted by Gasteiger charge is -2.08. The summed E-state index contributed by atoms with van der Waals surface area (Å²) < 4.78 is 26.7. The molecule has 1 aromatic heterocycles. The molecule has 0 aliphatic carbocycles. The van der Waals surface area contributed by atoms with Gasteiger partial charge < -0.3 is 0 Å². The van der Waals surface area contributed by atoms with Crippen LogP contribution in [-0.4, -0.2) is 18.4 Å². The van der Waals surface area contributed by atoms with Gasteiger partial charge in [-0.25, -0.2) is 18.4 Å². The van der Waals surface area contributed by atoms with Crippen LogP contribution >= 0.6 is 11.6 Å². The maximum atomic E-state index is 12.1. The summed E-state index contributed by atoms with van der Waals surface area (Å²) in [5, 5.41) is 0.479. The molecular weight excluding hydrogens is 286 g/mol. The number of nitrogens with one attached hydrogen (secondary N) is 1. The van der Waals surface area contributed by atoms with E-state index in [9.17, 15) is 8.42 Å². The van der Waals surface area contributed by atoms with Gasteiger partial charge in [0.05, 0.1) is 4.90 Å². The maximum Gasteiger partial charge on any atom is 0.263 e. The molecule has 19 heavy (non-hydrogen) atoms. The van der Waals surface area contributed by atoms with E-state index in [0.29, 0.717) is 16.5 Å². The molecule has 0 atom stereocenters. The minimum Gasteiger partial charge on any atom is -0.263 e. The standard InChI is InChI=1S/C12H12ClN3O2S/c1-8-7-12(15-9(2)14-8)16-19(17,18)11-5-3-10(13)4-6-11/h3-7H,1-2H3,(H,14,15,16). The number of aryl methyl sites for hydroxylation is 2. The smallest absolute Gasteiger partial charge is 0.263 e. The molecule has 0 amide bonds. The monoisotopic (exact) mass is 297 g/mol. The van der Waals surface area contributed by atoms with Crippen molar-refractivity contribution in [3.8, 4) is 0 Å². The fraction of sp³-hybridized carbons (Fsp3) is 0.167. The molecule has 100 valence electrons. The lowest BCUT2D eigenvalue weighted by molar-refractivity contribution is 0.601. The molecule has 0 fully saturated rings. The second kappa shape index (κ2) is 5.14. The molecule has 5 nitrogen and oxygen atoms in total. The van der Waals surface area contributed by atoms with Gasteiger partial charge in [0.25, 0.3) is 10.0 Å². The van der Waals surface area contributed by atoms with Gasteiger partial charge in [-0.15, -0.1) is 0 Å². The second-order valence-corrected chi connectivity index (χ2v) is 6.12. The fourth-order valence-corrected chi connectivity index (χ4v) is 2.70. The highest BCUT2D eigenvalue weighted by molar-refractivity contribution is 7.92. The first-order chi connectivity index (χ1) is 8.87. The van der Waals surface area contributed by atoms with Crippen LogP contribution in [0.2, 0.25) is 5.02 Å². The Hall–Kier alpha value is -1.66. The Kier molecular flexibility index (Phi) is 3.73. The number of sulfonamides is 1. The highest BCUT2D eigenvalue weighted by Crippen LogP contribution is 2.17. The van der Waals surface area contributed by atoms with Gasteiger partial charge in [-0.2, -0.15) is 0 Å². The van der Waals surface area contributed by atoms with Crippen LogP contribution in [0.1, 0.15) is 11.5 Å². The van der Waals surface area contributed by atoms with Gasteiger partial charge in [0, 0.05) is 16.8 Å². The van der Waals surface area contributed by atoms with E-state index >= 15 is 0 Å².